The molecule has 0 bridgehead atoms. The predicted molar refractivity (Wildman–Crippen MR) is 31.2 cm³/mol. The van der Waals surface area contributed by atoms with Crippen LogP contribution in [0.4, 0.5) is 9.59 Å². The number of carbonyl (C=O) groups is 2. The Morgan fingerprint density at radius 3 is 0.833 bits per heavy atom. The summed E-state index contributed by atoms with van der Waals surface area (Å²) < 4.78 is 17.0. The van der Waals surface area contributed by atoms with Gasteiger partial charge in [0, 0.05) is 0 Å². The molecule has 0 radical (unpaired) electrons. The first-order chi connectivity index (χ1) is 4.88. The van der Waals surface area contributed by atoms with E-state index >= 15 is 0 Å². The van der Waals surface area contributed by atoms with Crippen molar-refractivity contribution in [3.63, 3.8) is 0 Å². The second-order valence-electron chi connectivity index (χ2n) is 0.648. The minimum atomic E-state index is -2.00. The van der Waals surface area contributed by atoms with Crippen molar-refractivity contribution >= 4 is 35.4 Å². The third kappa shape index (κ3) is 4960. The van der Waals surface area contributed by atoms with E-state index in [1.54, 1.807) is 0 Å². The van der Waals surface area contributed by atoms with Crippen molar-refractivity contribution in [2.45, 2.75) is 0 Å². The fourth-order valence-corrected chi connectivity index (χ4v) is 0. The van der Waals surface area contributed by atoms with Crippen LogP contribution < -0.4 is 0 Å². The van der Waals surface area contributed by atoms with Gasteiger partial charge in [0.15, 0.2) is 0 Å². The van der Waals surface area contributed by atoms with Gasteiger partial charge in [0.05, 0.1) is 0 Å². The third-order valence-electron chi connectivity index (χ3n) is 0. The number of hydrogen-bond acceptors (Lipinski definition) is 4. The Hall–Kier alpha value is -0.379. The Balaban J connectivity index is -0.0000000389. The first-order valence-electron chi connectivity index (χ1n) is 1.71. The van der Waals surface area contributed by atoms with Crippen LogP contribution in [-0.4, -0.2) is 55.8 Å². The number of carboxylic acid groups (broad SMARTS) is 4. The van der Waals surface area contributed by atoms with Crippen molar-refractivity contribution in [3.8, 4) is 0 Å². The summed E-state index contributed by atoms with van der Waals surface area (Å²) in [4.78, 5) is 17.1. The zero-order valence-corrected chi connectivity index (χ0v) is 6.48. The number of rotatable bonds is 0. The summed E-state index contributed by atoms with van der Waals surface area (Å²) in [6.45, 7) is 0. The van der Waals surface area contributed by atoms with Gasteiger partial charge in [0.2, 0.25) is 0 Å². The van der Waals surface area contributed by atoms with Gasteiger partial charge < -0.3 is 20.4 Å². The van der Waals surface area contributed by atoms with E-state index in [1.807, 2.05) is 0 Å². The van der Waals surface area contributed by atoms with E-state index in [4.69, 9.17) is 36.7 Å². The van der Waals surface area contributed by atoms with E-state index in [1.165, 1.54) is 0 Å². The van der Waals surface area contributed by atoms with E-state index in [9.17, 15) is 0 Å². The quantitative estimate of drug-likeness (QED) is 0.398. The fourth-order valence-electron chi connectivity index (χ4n) is 0. The molecule has 0 saturated heterocycles. The minimum absolute atomic E-state index is 0. The average molecular weight is 230 g/mol. The summed E-state index contributed by atoms with van der Waals surface area (Å²) >= 11 is -2.00. The van der Waals surface area contributed by atoms with Crippen molar-refractivity contribution in [2.24, 2.45) is 0 Å². The van der Waals surface area contributed by atoms with E-state index in [2.05, 4.69) is 0 Å². The van der Waals surface area contributed by atoms with Crippen molar-refractivity contribution < 1.29 is 55.8 Å². The van der Waals surface area contributed by atoms with Crippen LogP contribution in [-0.2, 0) is 25.7 Å². The van der Waals surface area contributed by atoms with Gasteiger partial charge in [0.25, 0.3) is 0 Å². The number of hydrogen-bond donors (Lipinski definition) is 4. The van der Waals surface area contributed by atoms with Crippen LogP contribution >= 0.6 is 0 Å². The van der Waals surface area contributed by atoms with Gasteiger partial charge in [-0.3, -0.25) is 0 Å². The van der Waals surface area contributed by atoms with Crippen LogP contribution in [0.2, 0.25) is 0 Å². The molecule has 10 heteroatoms. The molecular formula is C2H6MgO8Ti. The second-order valence-corrected chi connectivity index (χ2v) is 0.909. The van der Waals surface area contributed by atoms with Gasteiger partial charge in [0.1, 0.15) is 0 Å². The first kappa shape index (κ1) is 22.6. The van der Waals surface area contributed by atoms with Gasteiger partial charge >= 0.3 is 61.1 Å². The van der Waals surface area contributed by atoms with Crippen LogP contribution in [0.5, 0.6) is 0 Å². The molecule has 0 amide bonds. The topological polar surface area (TPSA) is 149 Å². The molecule has 0 heterocycles. The molecule has 0 atom stereocenters. The van der Waals surface area contributed by atoms with Gasteiger partial charge in [-0.1, -0.05) is 0 Å². The van der Waals surface area contributed by atoms with E-state index in [0.717, 1.165) is 0 Å². The predicted octanol–water partition coefficient (Wildman–Crippen LogP) is -0.712. The molecule has 12 heavy (non-hydrogen) atoms. The fraction of sp³-hybridized carbons (Fsp3) is 0. The van der Waals surface area contributed by atoms with Crippen molar-refractivity contribution in [3.05, 3.63) is 0 Å². The molecule has 0 rings (SSSR count). The second kappa shape index (κ2) is 22.4. The molecule has 68 valence electrons. The molecule has 8 nitrogen and oxygen atoms in total. The summed E-state index contributed by atoms with van der Waals surface area (Å²) in [6.07, 6.45) is -3.67. The van der Waals surface area contributed by atoms with E-state index in [-0.39, 0.29) is 23.1 Å². The van der Waals surface area contributed by atoms with Crippen LogP contribution in [0.1, 0.15) is 0 Å². The van der Waals surface area contributed by atoms with Gasteiger partial charge in [-0.25, -0.2) is 9.59 Å². The molecule has 0 aliphatic carbocycles. The zero-order chi connectivity index (χ0) is 9.86. The van der Waals surface area contributed by atoms with Crippen molar-refractivity contribution in [1.82, 2.24) is 0 Å². The normalized spacial score (nSPS) is 4.67. The molecule has 0 aliphatic rings. The molecule has 0 unspecified atom stereocenters. The molecule has 4 N–H and O–H groups in total. The van der Waals surface area contributed by atoms with Crippen molar-refractivity contribution in [1.29, 1.82) is 0 Å². The first-order valence-corrected chi connectivity index (χ1v) is 2.99. The maximum atomic E-state index is 8.56. The van der Waals surface area contributed by atoms with Crippen LogP contribution in [0.25, 0.3) is 0 Å². The Bertz CT molecular complexity index is 129. The summed E-state index contributed by atoms with van der Waals surface area (Å²) in [5.74, 6) is 0. The molecule has 0 saturated carbocycles. The van der Waals surface area contributed by atoms with E-state index < -0.39 is 31.4 Å². The monoisotopic (exact) mass is 230 g/mol. The Kier molecular flexibility index (Phi) is 42.2. The van der Waals surface area contributed by atoms with Crippen LogP contribution in [0.15, 0.2) is 0 Å². The van der Waals surface area contributed by atoms with Crippen LogP contribution in [0, 0.1) is 0 Å². The molecule has 0 fully saturated rings. The molecule has 0 aromatic rings. The van der Waals surface area contributed by atoms with Gasteiger partial charge in [-0.2, -0.15) is 0 Å². The Morgan fingerprint density at radius 2 is 0.833 bits per heavy atom. The molecular weight excluding hydrogens is 224 g/mol. The Morgan fingerprint density at radius 1 is 0.833 bits per heavy atom. The van der Waals surface area contributed by atoms with Gasteiger partial charge in [-0.15, -0.1) is 0 Å². The van der Waals surface area contributed by atoms with Crippen LogP contribution in [0.3, 0.4) is 0 Å². The summed E-state index contributed by atoms with van der Waals surface area (Å²) in [5.41, 5.74) is 0. The standard InChI is InChI=1S/2CH2O3.Mg.2O.Ti.2H/c2*2-1(3)4;;;;;;/h2*(H2,2,3,4);;;;;;. The molecule has 0 aromatic heterocycles. The summed E-state index contributed by atoms with van der Waals surface area (Å²) in [7, 11) is 0. The third-order valence-corrected chi connectivity index (χ3v) is 0. The average Bonchev–Trinajstić information content (AvgIpc) is 1.60. The Labute approximate surface area is 90.9 Å². The molecule has 0 spiro atoms. The maximum absolute atomic E-state index is 8.56. The SMILES string of the molecule is O=C(O)O.O=C(O)O.[MgH2].[O]=[Ti]=[O]. The molecule has 0 aliphatic heterocycles. The van der Waals surface area contributed by atoms with E-state index in [0.29, 0.717) is 0 Å². The summed E-state index contributed by atoms with van der Waals surface area (Å²) in [5, 5.41) is 27.9. The van der Waals surface area contributed by atoms with Crippen molar-refractivity contribution in [2.75, 3.05) is 0 Å². The van der Waals surface area contributed by atoms with Gasteiger partial charge in [-0.05, 0) is 0 Å². The zero-order valence-electron chi connectivity index (χ0n) is 4.92. The summed E-state index contributed by atoms with van der Waals surface area (Å²) in [6, 6.07) is 0. The molecule has 0 aromatic carbocycles.